The molecule has 9 heteroatoms. The molecular formula is C86H151NO8. The van der Waals surface area contributed by atoms with E-state index < -0.39 is 24.3 Å². The molecule has 0 aromatic rings. The van der Waals surface area contributed by atoms with Crippen molar-refractivity contribution in [2.24, 2.45) is 0 Å². The van der Waals surface area contributed by atoms with Crippen LogP contribution in [0.2, 0.25) is 0 Å². The Morgan fingerprint density at radius 1 is 0.326 bits per heavy atom. The number of unbranched alkanes of at least 4 members (excludes halogenated alkanes) is 41. The van der Waals surface area contributed by atoms with E-state index in [9.17, 15) is 19.5 Å². The SMILES string of the molecule is CC/C=C\C/C=C\C/C=C\C/C=C\C/C=C\C/C=C\CCCCCCCCCCCCC(=O)OC(COC(=O)CCCCCCCCCCCCCCCCCCCCCCCCCCCC/C=C\C/C=C\C/C=C\CCCCCCC)COC(OCC[N+](C)(C)C)C(=O)[O-]. The monoisotopic (exact) mass is 1330 g/mol. The van der Waals surface area contributed by atoms with Crippen LogP contribution >= 0.6 is 0 Å². The minimum Gasteiger partial charge on any atom is -0.545 e. The molecule has 0 aliphatic heterocycles. The molecule has 0 bridgehead atoms. The van der Waals surface area contributed by atoms with Gasteiger partial charge in [-0.1, -0.05) is 354 Å². The first-order valence-corrected chi connectivity index (χ1v) is 40.0. The Morgan fingerprint density at radius 2 is 0.600 bits per heavy atom. The number of carbonyl (C=O) groups excluding carboxylic acids is 3. The maximum atomic E-state index is 13.0. The molecule has 9 nitrogen and oxygen atoms in total. The number of carboxylic acids is 1. The summed E-state index contributed by atoms with van der Waals surface area (Å²) in [4.78, 5) is 37.6. The van der Waals surface area contributed by atoms with Crippen molar-refractivity contribution < 1.29 is 42.9 Å². The standard InChI is InChI=1S/C86H151NO8/c1-6-8-10-12-14-16-18-20-22-24-26-28-30-32-34-36-37-38-39-40-41-42-43-44-45-46-47-49-50-52-54-56-58-60-62-64-66-68-70-72-74-76-83(88)93-80-82(81-94-86(85(90)91)92-79-78-87(3,4)5)95-84(89)77-75-73-71-69-67-65-63-61-59-57-55-53-51-48-35-33-31-29-27-25-23-21-19-17-15-13-11-9-7-2/h9,11,15,17-18,20-21,23-24,26-27,29-30,32-33,35,51,53,82,86H,6-8,10,12-14,16,19,22,25,28,31,34,36-50,52,54-81H2,1-5H3/b11-9-,17-15-,20-18-,23-21-,26-24-,29-27-,32-30-,35-33-,53-51-. The highest BCUT2D eigenvalue weighted by atomic mass is 16.7. The average Bonchev–Trinajstić information content (AvgIpc) is 2.86. The van der Waals surface area contributed by atoms with Gasteiger partial charge in [-0.25, -0.2) is 0 Å². The largest absolute Gasteiger partial charge is 0.545 e. The molecule has 0 fully saturated rings. The van der Waals surface area contributed by atoms with Gasteiger partial charge in [-0.2, -0.15) is 0 Å². The average molecular weight is 1330 g/mol. The predicted octanol–water partition coefficient (Wildman–Crippen LogP) is 24.4. The number of hydrogen-bond acceptors (Lipinski definition) is 8. The molecule has 0 N–H and O–H groups in total. The van der Waals surface area contributed by atoms with Gasteiger partial charge < -0.3 is 33.3 Å². The zero-order valence-corrected chi connectivity index (χ0v) is 62.8. The molecule has 0 aromatic carbocycles. The van der Waals surface area contributed by atoms with Crippen molar-refractivity contribution in [3.63, 3.8) is 0 Å². The van der Waals surface area contributed by atoms with Crippen LogP contribution in [0, 0.1) is 0 Å². The summed E-state index contributed by atoms with van der Waals surface area (Å²) in [6, 6.07) is 0. The molecule has 2 unspecified atom stereocenters. The quantitative estimate of drug-likeness (QED) is 0.0195. The van der Waals surface area contributed by atoms with Crippen LogP contribution < -0.4 is 5.11 Å². The molecule has 0 heterocycles. The number of carboxylic acid groups (broad SMARTS) is 1. The van der Waals surface area contributed by atoms with Gasteiger partial charge in [0.15, 0.2) is 12.4 Å². The lowest BCUT2D eigenvalue weighted by atomic mass is 10.0. The number of carbonyl (C=O) groups is 3. The zero-order valence-electron chi connectivity index (χ0n) is 62.8. The fraction of sp³-hybridized carbons (Fsp3) is 0.756. The van der Waals surface area contributed by atoms with E-state index in [1.165, 1.54) is 231 Å². The van der Waals surface area contributed by atoms with Crippen molar-refractivity contribution in [3.05, 3.63) is 109 Å². The fourth-order valence-electron chi connectivity index (χ4n) is 11.4. The molecule has 0 aliphatic rings. The normalized spacial score (nSPS) is 13.2. The highest BCUT2D eigenvalue weighted by molar-refractivity contribution is 5.70. The number of allylic oxidation sites excluding steroid dienone is 18. The van der Waals surface area contributed by atoms with E-state index in [0.717, 1.165) is 96.3 Å². The Kier molecular flexibility index (Phi) is 72.5. The van der Waals surface area contributed by atoms with Crippen molar-refractivity contribution in [1.82, 2.24) is 0 Å². The van der Waals surface area contributed by atoms with Gasteiger partial charge in [0.1, 0.15) is 13.2 Å². The van der Waals surface area contributed by atoms with Crippen molar-refractivity contribution in [2.75, 3.05) is 47.5 Å². The van der Waals surface area contributed by atoms with Crippen molar-refractivity contribution in [2.45, 2.75) is 373 Å². The highest BCUT2D eigenvalue weighted by Crippen LogP contribution is 2.19. The third kappa shape index (κ3) is 77.2. The summed E-state index contributed by atoms with van der Waals surface area (Å²) in [7, 11) is 5.94. The van der Waals surface area contributed by atoms with Gasteiger partial charge in [-0.3, -0.25) is 9.59 Å². The van der Waals surface area contributed by atoms with E-state index in [-0.39, 0.29) is 32.2 Å². The number of rotatable bonds is 74. The van der Waals surface area contributed by atoms with Crippen molar-refractivity contribution in [3.8, 4) is 0 Å². The number of ether oxygens (including phenoxy) is 4. The lowest BCUT2D eigenvalue weighted by Crippen LogP contribution is -2.44. The van der Waals surface area contributed by atoms with E-state index >= 15 is 0 Å². The highest BCUT2D eigenvalue weighted by Gasteiger charge is 2.22. The summed E-state index contributed by atoms with van der Waals surface area (Å²) < 4.78 is 22.9. The number of hydrogen-bond donors (Lipinski definition) is 0. The van der Waals surface area contributed by atoms with Gasteiger partial charge in [0.05, 0.1) is 40.3 Å². The first kappa shape index (κ1) is 91.0. The van der Waals surface area contributed by atoms with Gasteiger partial charge in [0, 0.05) is 12.8 Å². The minimum atomic E-state index is -1.63. The van der Waals surface area contributed by atoms with Gasteiger partial charge in [0.25, 0.3) is 0 Å². The Hall–Kier alpha value is -4.05. The Labute approximate surface area is 587 Å². The topological polar surface area (TPSA) is 111 Å². The molecule has 0 radical (unpaired) electrons. The molecule has 0 rings (SSSR count). The van der Waals surface area contributed by atoms with Gasteiger partial charge in [-0.05, 0) is 103 Å². The van der Waals surface area contributed by atoms with Crippen LogP contribution in [0.25, 0.3) is 0 Å². The molecule has 95 heavy (non-hydrogen) atoms. The van der Waals surface area contributed by atoms with Crippen molar-refractivity contribution in [1.29, 1.82) is 0 Å². The maximum absolute atomic E-state index is 13.0. The van der Waals surface area contributed by atoms with Crippen LogP contribution in [0.1, 0.15) is 361 Å². The van der Waals surface area contributed by atoms with E-state index in [1.54, 1.807) is 0 Å². The number of esters is 2. The van der Waals surface area contributed by atoms with E-state index in [4.69, 9.17) is 18.9 Å². The lowest BCUT2D eigenvalue weighted by molar-refractivity contribution is -0.870. The van der Waals surface area contributed by atoms with E-state index in [0.29, 0.717) is 23.9 Å². The van der Waals surface area contributed by atoms with Crippen LogP contribution in [0.15, 0.2) is 109 Å². The summed E-state index contributed by atoms with van der Waals surface area (Å²) >= 11 is 0. The minimum absolute atomic E-state index is 0.144. The molecule has 548 valence electrons. The number of nitrogens with zero attached hydrogens (tertiary/aromatic N) is 1. The molecule has 0 aromatic heterocycles. The van der Waals surface area contributed by atoms with Gasteiger partial charge in [0.2, 0.25) is 0 Å². The second kappa shape index (κ2) is 75.7. The second-order valence-corrected chi connectivity index (χ2v) is 28.0. The first-order chi connectivity index (χ1) is 46.6. The van der Waals surface area contributed by atoms with Crippen LogP contribution in [-0.2, 0) is 33.3 Å². The molecule has 0 saturated heterocycles. The summed E-state index contributed by atoms with van der Waals surface area (Å²) in [5.74, 6) is -2.28. The molecule has 2 atom stereocenters. The zero-order chi connectivity index (χ0) is 69.0. The Morgan fingerprint density at radius 3 is 0.895 bits per heavy atom. The summed E-state index contributed by atoms with van der Waals surface area (Å²) in [5.41, 5.74) is 0. The smallest absolute Gasteiger partial charge is 0.306 e. The summed E-state index contributed by atoms with van der Waals surface area (Å²) in [6.45, 7) is 4.65. The molecule has 0 amide bonds. The second-order valence-electron chi connectivity index (χ2n) is 28.0. The molecule has 0 spiro atoms. The summed E-state index contributed by atoms with van der Waals surface area (Å²) in [6.07, 6.45) is 104. The Bertz CT molecular complexity index is 1930. The lowest BCUT2D eigenvalue weighted by Gasteiger charge is -2.26. The summed E-state index contributed by atoms with van der Waals surface area (Å²) in [5, 5.41) is 11.9. The number of likely N-dealkylation sites (N-methyl/N-ethyl adjacent to an activating group) is 1. The molecule has 0 saturated carbocycles. The first-order valence-electron chi connectivity index (χ1n) is 40.0. The fourth-order valence-corrected chi connectivity index (χ4v) is 11.4. The number of aliphatic carboxylic acids is 1. The van der Waals surface area contributed by atoms with Crippen LogP contribution in [0.5, 0.6) is 0 Å². The molecule has 0 aliphatic carbocycles. The van der Waals surface area contributed by atoms with Gasteiger partial charge in [-0.15, -0.1) is 0 Å². The van der Waals surface area contributed by atoms with E-state index in [1.807, 2.05) is 21.1 Å². The van der Waals surface area contributed by atoms with Crippen molar-refractivity contribution >= 4 is 17.9 Å². The van der Waals surface area contributed by atoms with Crippen LogP contribution in [0.3, 0.4) is 0 Å². The third-order valence-corrected chi connectivity index (χ3v) is 17.5. The Balaban J connectivity index is 3.99. The predicted molar refractivity (Wildman–Crippen MR) is 407 cm³/mol. The van der Waals surface area contributed by atoms with Crippen LogP contribution in [0.4, 0.5) is 0 Å². The molecular weight excluding hydrogens is 1170 g/mol. The maximum Gasteiger partial charge on any atom is 0.306 e. The third-order valence-electron chi connectivity index (χ3n) is 17.5. The van der Waals surface area contributed by atoms with Crippen LogP contribution in [-0.4, -0.2) is 82.3 Å². The number of quaternary nitrogens is 1. The van der Waals surface area contributed by atoms with E-state index in [2.05, 4.69) is 123 Å². The van der Waals surface area contributed by atoms with Gasteiger partial charge >= 0.3 is 11.9 Å².